The van der Waals surface area contributed by atoms with Gasteiger partial charge >= 0.3 is 0 Å². The third-order valence-electron chi connectivity index (χ3n) is 2.88. The Labute approximate surface area is 114 Å². The van der Waals surface area contributed by atoms with Crippen molar-refractivity contribution in [2.75, 3.05) is 6.54 Å². The minimum absolute atomic E-state index is 0.544. The number of hydrogen-bond donors (Lipinski definition) is 1. The molecule has 1 aromatic rings. The van der Waals surface area contributed by atoms with E-state index in [1.165, 1.54) is 12.0 Å². The molecule has 2 atom stereocenters. The summed E-state index contributed by atoms with van der Waals surface area (Å²) in [5.41, 5.74) is 1.23. The number of hydrogen-bond acceptors (Lipinski definition) is 2. The lowest BCUT2D eigenvalue weighted by Gasteiger charge is -2.20. The van der Waals surface area contributed by atoms with Crippen molar-refractivity contribution in [3.8, 4) is 0 Å². The molecule has 1 N–H and O–H groups in total. The van der Waals surface area contributed by atoms with Crippen molar-refractivity contribution in [3.05, 3.63) is 34.9 Å². The molecule has 3 heteroatoms. The van der Waals surface area contributed by atoms with Crippen LogP contribution in [0.4, 0.5) is 0 Å². The van der Waals surface area contributed by atoms with E-state index in [-0.39, 0.29) is 0 Å². The van der Waals surface area contributed by atoms with E-state index in [0.29, 0.717) is 11.3 Å². The zero-order valence-electron chi connectivity index (χ0n) is 10.9. The standard InChI is InChI=1S/C14H22ClNS/c1-4-9-16-11(2)12(3)17-10-13-7-5-6-8-14(13)15/h5-8,11-12,16H,4,9-10H2,1-3H3. The maximum Gasteiger partial charge on any atom is 0.0446 e. The largest absolute Gasteiger partial charge is 0.313 e. The van der Waals surface area contributed by atoms with Gasteiger partial charge in [-0.25, -0.2) is 0 Å². The summed E-state index contributed by atoms with van der Waals surface area (Å²) in [4.78, 5) is 0. The van der Waals surface area contributed by atoms with Crippen LogP contribution in [0.1, 0.15) is 32.8 Å². The summed E-state index contributed by atoms with van der Waals surface area (Å²) < 4.78 is 0. The summed E-state index contributed by atoms with van der Waals surface area (Å²) >= 11 is 8.10. The van der Waals surface area contributed by atoms with E-state index in [0.717, 1.165) is 17.3 Å². The van der Waals surface area contributed by atoms with Crippen LogP contribution >= 0.6 is 23.4 Å². The van der Waals surface area contributed by atoms with Crippen LogP contribution in [0.2, 0.25) is 5.02 Å². The number of thioether (sulfide) groups is 1. The highest BCUT2D eigenvalue weighted by Crippen LogP contribution is 2.24. The molecule has 2 unspecified atom stereocenters. The molecule has 0 radical (unpaired) electrons. The second-order valence-electron chi connectivity index (χ2n) is 4.35. The van der Waals surface area contributed by atoms with Crippen molar-refractivity contribution in [1.82, 2.24) is 5.32 Å². The van der Waals surface area contributed by atoms with Crippen molar-refractivity contribution in [2.24, 2.45) is 0 Å². The van der Waals surface area contributed by atoms with Crippen LogP contribution in [-0.2, 0) is 5.75 Å². The lowest BCUT2D eigenvalue weighted by atomic mass is 10.2. The molecule has 0 fully saturated rings. The van der Waals surface area contributed by atoms with Gasteiger partial charge in [0.05, 0.1) is 0 Å². The summed E-state index contributed by atoms with van der Waals surface area (Å²) in [5, 5.41) is 5.00. The van der Waals surface area contributed by atoms with Crippen LogP contribution in [0, 0.1) is 0 Å². The molecule has 17 heavy (non-hydrogen) atoms. The Hall–Kier alpha value is -0.180. The Bertz CT molecular complexity index is 330. The van der Waals surface area contributed by atoms with Crippen molar-refractivity contribution >= 4 is 23.4 Å². The minimum Gasteiger partial charge on any atom is -0.313 e. The van der Waals surface area contributed by atoms with Gasteiger partial charge in [-0.2, -0.15) is 11.8 Å². The van der Waals surface area contributed by atoms with Crippen LogP contribution < -0.4 is 5.32 Å². The third-order valence-corrected chi connectivity index (χ3v) is 4.66. The van der Waals surface area contributed by atoms with Crippen molar-refractivity contribution in [1.29, 1.82) is 0 Å². The van der Waals surface area contributed by atoms with Crippen LogP contribution in [-0.4, -0.2) is 17.8 Å². The number of nitrogens with one attached hydrogen (secondary N) is 1. The topological polar surface area (TPSA) is 12.0 Å². The zero-order chi connectivity index (χ0) is 12.7. The Balaban J connectivity index is 2.37. The minimum atomic E-state index is 0.544. The molecular formula is C14H22ClNS. The van der Waals surface area contributed by atoms with Crippen molar-refractivity contribution < 1.29 is 0 Å². The smallest absolute Gasteiger partial charge is 0.0446 e. The van der Waals surface area contributed by atoms with E-state index in [9.17, 15) is 0 Å². The summed E-state index contributed by atoms with van der Waals surface area (Å²) in [6.45, 7) is 7.81. The van der Waals surface area contributed by atoms with E-state index in [1.54, 1.807) is 0 Å². The van der Waals surface area contributed by atoms with Gasteiger partial charge in [0.1, 0.15) is 0 Å². The molecule has 0 aliphatic heterocycles. The Morgan fingerprint density at radius 1 is 1.29 bits per heavy atom. The number of rotatable bonds is 7. The Morgan fingerprint density at radius 2 is 2.00 bits per heavy atom. The molecule has 96 valence electrons. The summed E-state index contributed by atoms with van der Waals surface area (Å²) in [7, 11) is 0. The number of halogens is 1. The first kappa shape index (κ1) is 14.9. The zero-order valence-corrected chi connectivity index (χ0v) is 12.4. The maximum absolute atomic E-state index is 6.14. The molecule has 0 heterocycles. The highest BCUT2D eigenvalue weighted by molar-refractivity contribution is 7.99. The van der Waals surface area contributed by atoms with Gasteiger partial charge in [0.2, 0.25) is 0 Å². The second kappa shape index (κ2) is 8.02. The van der Waals surface area contributed by atoms with E-state index >= 15 is 0 Å². The average molecular weight is 272 g/mol. The lowest BCUT2D eigenvalue weighted by Crippen LogP contribution is -2.34. The quantitative estimate of drug-likeness (QED) is 0.791. The first-order chi connectivity index (χ1) is 8.15. The van der Waals surface area contributed by atoms with Crippen molar-refractivity contribution in [3.63, 3.8) is 0 Å². The van der Waals surface area contributed by atoms with E-state index in [4.69, 9.17) is 11.6 Å². The molecule has 0 saturated carbocycles. The normalized spacial score (nSPS) is 14.6. The van der Waals surface area contributed by atoms with Crippen LogP contribution in [0.3, 0.4) is 0 Å². The fourth-order valence-corrected chi connectivity index (χ4v) is 2.88. The summed E-state index contributed by atoms with van der Waals surface area (Å²) in [6.07, 6.45) is 1.19. The van der Waals surface area contributed by atoms with Crippen LogP contribution in [0.15, 0.2) is 24.3 Å². The fraction of sp³-hybridized carbons (Fsp3) is 0.571. The fourth-order valence-electron chi connectivity index (χ4n) is 1.52. The van der Waals surface area contributed by atoms with Crippen molar-refractivity contribution in [2.45, 2.75) is 44.2 Å². The number of benzene rings is 1. The van der Waals surface area contributed by atoms with E-state index in [1.807, 2.05) is 30.0 Å². The van der Waals surface area contributed by atoms with E-state index in [2.05, 4.69) is 32.2 Å². The van der Waals surface area contributed by atoms with Gasteiger partial charge in [0.25, 0.3) is 0 Å². The first-order valence-corrected chi connectivity index (χ1v) is 7.66. The monoisotopic (exact) mass is 271 g/mol. The highest BCUT2D eigenvalue weighted by Gasteiger charge is 2.12. The van der Waals surface area contributed by atoms with Gasteiger partial charge in [-0.1, -0.05) is 43.6 Å². The lowest BCUT2D eigenvalue weighted by molar-refractivity contribution is 0.542. The molecule has 1 aromatic carbocycles. The molecule has 0 aromatic heterocycles. The third kappa shape index (κ3) is 5.33. The van der Waals surface area contributed by atoms with Gasteiger partial charge in [0.15, 0.2) is 0 Å². The van der Waals surface area contributed by atoms with Crippen LogP contribution in [0.5, 0.6) is 0 Å². The second-order valence-corrected chi connectivity index (χ2v) is 6.12. The molecule has 1 rings (SSSR count). The Kier molecular flexibility index (Phi) is 7.02. The van der Waals surface area contributed by atoms with Crippen LogP contribution in [0.25, 0.3) is 0 Å². The molecule has 0 saturated heterocycles. The van der Waals surface area contributed by atoms with Gasteiger partial charge < -0.3 is 5.32 Å². The molecular weight excluding hydrogens is 250 g/mol. The SMILES string of the molecule is CCCNC(C)C(C)SCc1ccccc1Cl. The first-order valence-electron chi connectivity index (χ1n) is 6.23. The Morgan fingerprint density at radius 3 is 2.65 bits per heavy atom. The predicted octanol–water partition coefficient (Wildman–Crippen LogP) is 4.35. The molecule has 0 amide bonds. The molecule has 0 bridgehead atoms. The van der Waals surface area contributed by atoms with Gasteiger partial charge in [0, 0.05) is 22.1 Å². The average Bonchev–Trinajstić information content (AvgIpc) is 2.34. The highest BCUT2D eigenvalue weighted by atomic mass is 35.5. The maximum atomic E-state index is 6.14. The van der Waals surface area contributed by atoms with Gasteiger partial charge in [-0.15, -0.1) is 0 Å². The summed E-state index contributed by atoms with van der Waals surface area (Å²) in [6, 6.07) is 8.63. The predicted molar refractivity (Wildman–Crippen MR) is 80.0 cm³/mol. The van der Waals surface area contributed by atoms with Gasteiger partial charge in [-0.05, 0) is 31.5 Å². The summed E-state index contributed by atoms with van der Waals surface area (Å²) in [5.74, 6) is 0.985. The molecule has 1 nitrogen and oxygen atoms in total. The molecule has 0 spiro atoms. The molecule has 0 aliphatic rings. The van der Waals surface area contributed by atoms with E-state index < -0.39 is 0 Å². The van der Waals surface area contributed by atoms with Gasteiger partial charge in [-0.3, -0.25) is 0 Å². The molecule has 0 aliphatic carbocycles.